The van der Waals surface area contributed by atoms with Gasteiger partial charge in [-0.1, -0.05) is 0 Å². The fourth-order valence-corrected chi connectivity index (χ4v) is 1.81. The summed E-state index contributed by atoms with van der Waals surface area (Å²) in [6.07, 6.45) is 0.877. The van der Waals surface area contributed by atoms with Gasteiger partial charge >= 0.3 is 15.6 Å². The molecule has 2 amide bonds. The normalized spacial score (nSPS) is 15.7. The number of dihydropyridines is 1. The largest absolute Gasteiger partial charge is 0.523 e. The summed E-state index contributed by atoms with van der Waals surface area (Å²) in [5, 5.41) is 14.0. The number of aliphatic hydroxyl groups excluding tert-OH is 1. The maximum atomic E-state index is 12.1. The van der Waals surface area contributed by atoms with Crippen molar-refractivity contribution in [2.75, 3.05) is 19.7 Å². The van der Waals surface area contributed by atoms with Gasteiger partial charge in [0.1, 0.15) is 11.5 Å². The van der Waals surface area contributed by atoms with Gasteiger partial charge in [-0.3, -0.25) is 13.8 Å². The summed E-state index contributed by atoms with van der Waals surface area (Å²) in [4.78, 5) is 22.1. The first-order valence-corrected chi connectivity index (χ1v) is 7.23. The van der Waals surface area contributed by atoms with Crippen molar-refractivity contribution < 1.29 is 40.5 Å². The van der Waals surface area contributed by atoms with E-state index < -0.39 is 46.4 Å². The molecule has 1 aliphatic rings. The van der Waals surface area contributed by atoms with Gasteiger partial charge in [0.25, 0.3) is 5.91 Å². The van der Waals surface area contributed by atoms with Crippen LogP contribution >= 0.6 is 0 Å². The zero-order valence-electron chi connectivity index (χ0n) is 11.3. The number of aliphatic hydroxyl groups is 1. The average Bonchev–Trinajstić information content (AvgIpc) is 2.41. The van der Waals surface area contributed by atoms with Crippen LogP contribution in [-0.4, -0.2) is 50.5 Å². The van der Waals surface area contributed by atoms with Crippen molar-refractivity contribution >= 4 is 21.9 Å². The summed E-state index contributed by atoms with van der Waals surface area (Å²) in [5.41, 5.74) is -1.16. The Morgan fingerprint density at radius 2 is 2.04 bits per heavy atom. The van der Waals surface area contributed by atoms with Gasteiger partial charge in [0, 0.05) is 6.54 Å². The lowest BCUT2D eigenvalue weighted by Gasteiger charge is -2.19. The van der Waals surface area contributed by atoms with Crippen molar-refractivity contribution in [3.63, 3.8) is 0 Å². The Kier molecular flexibility index (Phi) is 5.60. The number of hydrogen-bond acceptors (Lipinski definition) is 7. The van der Waals surface area contributed by atoms with E-state index >= 15 is 0 Å². The number of alkyl halides is 3. The Bertz CT molecular complexity index is 668. The molecule has 0 saturated carbocycles. The Hall–Kier alpha value is -2.28. The van der Waals surface area contributed by atoms with Crippen LogP contribution in [0.2, 0.25) is 0 Å². The summed E-state index contributed by atoms with van der Waals surface area (Å²) < 4.78 is 61.5. The minimum absolute atomic E-state index is 0.0539. The van der Waals surface area contributed by atoms with Crippen LogP contribution in [0.3, 0.4) is 0 Å². The van der Waals surface area contributed by atoms with Crippen LogP contribution in [0.5, 0.6) is 0 Å². The van der Waals surface area contributed by atoms with Crippen LogP contribution < -0.4 is 16.4 Å². The second-order valence-electron chi connectivity index (χ2n) is 4.23. The molecule has 1 heterocycles. The molecule has 0 spiro atoms. The van der Waals surface area contributed by atoms with E-state index in [1.807, 2.05) is 0 Å². The topological polar surface area (TPSA) is 148 Å². The van der Waals surface area contributed by atoms with Crippen LogP contribution in [0.15, 0.2) is 23.1 Å². The molecular weight excluding hydrogens is 347 g/mol. The summed E-state index contributed by atoms with van der Waals surface area (Å²) >= 11 is 0. The number of nitrogens with two attached hydrogens (primary N) is 1. The van der Waals surface area contributed by atoms with E-state index in [-0.39, 0.29) is 17.8 Å². The van der Waals surface area contributed by atoms with Gasteiger partial charge < -0.3 is 21.5 Å². The summed E-state index contributed by atoms with van der Waals surface area (Å²) in [5.74, 6) is -2.36. The molecule has 13 heteroatoms. The molecule has 0 saturated heterocycles. The Morgan fingerprint density at radius 1 is 1.43 bits per heavy atom. The van der Waals surface area contributed by atoms with Crippen molar-refractivity contribution in [3.8, 4) is 0 Å². The zero-order valence-corrected chi connectivity index (χ0v) is 12.1. The standard InChI is InChI=1S/C10H12F3N3O6S/c11-10(12,13)23(20,21)22-4-5-1-6(17)8(15-2-5)9(19)16-3-7(14)18/h1,15,17H,2-4H2,(H2,14,18)(H,16,19). The first kappa shape index (κ1) is 18.8. The van der Waals surface area contributed by atoms with Gasteiger partial charge in [-0.2, -0.15) is 21.6 Å². The highest BCUT2D eigenvalue weighted by Crippen LogP contribution is 2.25. The molecule has 0 fully saturated rings. The highest BCUT2D eigenvalue weighted by atomic mass is 32.2. The van der Waals surface area contributed by atoms with Crippen molar-refractivity contribution in [1.29, 1.82) is 0 Å². The summed E-state index contributed by atoms with van der Waals surface area (Å²) in [6, 6.07) is 0. The number of carbonyl (C=O) groups is 2. The predicted octanol–water partition coefficient (Wildman–Crippen LogP) is -1.25. The maximum Gasteiger partial charge on any atom is 0.523 e. The second kappa shape index (κ2) is 6.87. The van der Waals surface area contributed by atoms with E-state index in [2.05, 4.69) is 14.8 Å². The van der Waals surface area contributed by atoms with Crippen LogP contribution in [0, 0.1) is 0 Å². The fraction of sp³-hybridized carbons (Fsp3) is 0.400. The van der Waals surface area contributed by atoms with Crippen LogP contribution in [0.1, 0.15) is 0 Å². The van der Waals surface area contributed by atoms with Crippen LogP contribution in [0.4, 0.5) is 13.2 Å². The molecule has 0 aromatic heterocycles. The first-order valence-electron chi connectivity index (χ1n) is 5.83. The number of allylic oxidation sites excluding steroid dienone is 1. The van der Waals surface area contributed by atoms with Gasteiger partial charge in [-0.25, -0.2) is 0 Å². The van der Waals surface area contributed by atoms with Gasteiger partial charge in [-0.05, 0) is 11.6 Å². The minimum Gasteiger partial charge on any atom is -0.506 e. The number of nitrogens with one attached hydrogen (secondary N) is 2. The quantitative estimate of drug-likeness (QED) is 0.342. The molecule has 0 radical (unpaired) electrons. The molecule has 0 unspecified atom stereocenters. The number of primary amides is 1. The highest BCUT2D eigenvalue weighted by Gasteiger charge is 2.47. The minimum atomic E-state index is -5.76. The van der Waals surface area contributed by atoms with E-state index in [9.17, 15) is 36.3 Å². The number of carbonyl (C=O) groups excluding carboxylic acids is 2. The molecule has 9 nitrogen and oxygen atoms in total. The monoisotopic (exact) mass is 359 g/mol. The van der Waals surface area contributed by atoms with Crippen molar-refractivity contribution in [2.24, 2.45) is 5.73 Å². The molecular formula is C10H12F3N3O6S. The molecule has 0 aliphatic carbocycles. The summed E-state index contributed by atoms with van der Waals surface area (Å²) in [7, 11) is -5.76. The Labute approximate surface area is 128 Å². The van der Waals surface area contributed by atoms with E-state index in [1.54, 1.807) is 0 Å². The fourth-order valence-electron chi connectivity index (χ4n) is 1.37. The first-order chi connectivity index (χ1) is 10.4. The SMILES string of the molecule is NC(=O)CNC(=O)C1=C(O)C=C(COS(=O)(=O)C(F)(F)F)CN1. The van der Waals surface area contributed by atoms with Crippen LogP contribution in [-0.2, 0) is 23.9 Å². The lowest BCUT2D eigenvalue weighted by Crippen LogP contribution is -2.40. The molecule has 0 aromatic carbocycles. The van der Waals surface area contributed by atoms with Crippen LogP contribution in [0.25, 0.3) is 0 Å². The summed E-state index contributed by atoms with van der Waals surface area (Å²) in [6.45, 7) is -1.70. The number of amides is 2. The Balaban J connectivity index is 2.75. The number of rotatable bonds is 6. The van der Waals surface area contributed by atoms with Crippen molar-refractivity contribution in [3.05, 3.63) is 23.1 Å². The predicted molar refractivity (Wildman–Crippen MR) is 68.9 cm³/mol. The molecule has 1 rings (SSSR count). The lowest BCUT2D eigenvalue weighted by molar-refractivity contribution is -0.122. The van der Waals surface area contributed by atoms with E-state index in [0.29, 0.717) is 0 Å². The van der Waals surface area contributed by atoms with Gasteiger partial charge in [0.05, 0.1) is 13.2 Å². The zero-order chi connectivity index (χ0) is 17.8. The molecule has 5 N–H and O–H groups in total. The molecule has 0 aromatic rings. The molecule has 23 heavy (non-hydrogen) atoms. The van der Waals surface area contributed by atoms with E-state index in [4.69, 9.17) is 5.73 Å². The van der Waals surface area contributed by atoms with Crippen molar-refractivity contribution in [2.45, 2.75) is 5.51 Å². The average molecular weight is 359 g/mol. The van der Waals surface area contributed by atoms with Gasteiger partial charge in [0.15, 0.2) is 0 Å². The maximum absolute atomic E-state index is 12.1. The lowest BCUT2D eigenvalue weighted by atomic mass is 10.1. The molecule has 130 valence electrons. The third-order valence-electron chi connectivity index (χ3n) is 2.42. The molecule has 0 bridgehead atoms. The third-order valence-corrected chi connectivity index (χ3v) is 3.42. The smallest absolute Gasteiger partial charge is 0.506 e. The third kappa shape index (κ3) is 5.14. The van der Waals surface area contributed by atoms with Gasteiger partial charge in [0.2, 0.25) is 5.91 Å². The highest BCUT2D eigenvalue weighted by molar-refractivity contribution is 7.87. The number of halogens is 3. The van der Waals surface area contributed by atoms with E-state index in [1.165, 1.54) is 0 Å². The number of hydrogen-bond donors (Lipinski definition) is 4. The molecule has 1 aliphatic heterocycles. The molecule has 0 atom stereocenters. The van der Waals surface area contributed by atoms with Gasteiger partial charge in [-0.15, -0.1) is 0 Å². The Morgan fingerprint density at radius 3 is 2.52 bits per heavy atom. The second-order valence-corrected chi connectivity index (χ2v) is 5.83. The van der Waals surface area contributed by atoms with Crippen molar-refractivity contribution in [1.82, 2.24) is 10.6 Å². The van der Waals surface area contributed by atoms with E-state index in [0.717, 1.165) is 6.08 Å².